The molecular weight excluding hydrogens is 286 g/mol. The number of hydrogen-bond acceptors (Lipinski definition) is 5. The fourth-order valence-electron chi connectivity index (χ4n) is 2.42. The Hall–Kier alpha value is -2.01. The second-order valence-electron chi connectivity index (χ2n) is 4.85. The topological polar surface area (TPSA) is 47.6 Å². The monoisotopic (exact) mass is 303 g/mol. The summed E-state index contributed by atoms with van der Waals surface area (Å²) >= 11 is 1.49. The van der Waals surface area contributed by atoms with Gasteiger partial charge in [-0.1, -0.05) is 41.7 Å². The number of ether oxygens (including phenoxy) is 2. The number of esters is 1. The fraction of sp³-hybridized carbons (Fsp3) is 0.312. The van der Waals surface area contributed by atoms with Crippen LogP contribution in [-0.4, -0.2) is 19.7 Å². The van der Waals surface area contributed by atoms with Gasteiger partial charge in [-0.05, 0) is 18.4 Å². The minimum Gasteiger partial charge on any atom is -0.484 e. The molecule has 5 heteroatoms. The maximum Gasteiger partial charge on any atom is 0.341 e. The van der Waals surface area contributed by atoms with E-state index in [9.17, 15) is 4.79 Å². The van der Waals surface area contributed by atoms with Crippen molar-refractivity contribution in [2.24, 2.45) is 0 Å². The van der Waals surface area contributed by atoms with E-state index in [1.165, 1.54) is 24.0 Å². The molecule has 1 aliphatic heterocycles. The predicted octanol–water partition coefficient (Wildman–Crippen LogP) is 3.47. The number of fused-ring (bicyclic) bond motifs is 1. The molecule has 1 aliphatic rings. The van der Waals surface area contributed by atoms with E-state index in [4.69, 9.17) is 9.47 Å². The van der Waals surface area contributed by atoms with Crippen molar-refractivity contribution in [1.82, 2.24) is 0 Å². The largest absolute Gasteiger partial charge is 0.484 e. The molecule has 0 unspecified atom stereocenters. The molecule has 0 saturated heterocycles. The first-order chi connectivity index (χ1) is 10.3. The fourth-order valence-corrected chi connectivity index (χ4v) is 3.53. The van der Waals surface area contributed by atoms with Crippen LogP contribution in [0, 0.1) is 0 Å². The number of benzene rings is 1. The van der Waals surface area contributed by atoms with E-state index in [1.54, 1.807) is 0 Å². The van der Waals surface area contributed by atoms with Crippen molar-refractivity contribution in [3.05, 3.63) is 47.0 Å². The molecular formula is C16H17NO3S. The quantitative estimate of drug-likeness (QED) is 0.879. The lowest BCUT2D eigenvalue weighted by atomic mass is 10.1. The molecule has 1 aromatic heterocycles. The Morgan fingerprint density at radius 3 is 2.95 bits per heavy atom. The van der Waals surface area contributed by atoms with Crippen molar-refractivity contribution in [3.63, 3.8) is 0 Å². The highest BCUT2D eigenvalue weighted by Gasteiger charge is 2.27. The number of carbonyl (C=O) groups excluding carboxylic acids is 1. The van der Waals surface area contributed by atoms with Gasteiger partial charge in [0.15, 0.2) is 5.06 Å². The highest BCUT2D eigenvalue weighted by molar-refractivity contribution is 7.18. The van der Waals surface area contributed by atoms with E-state index in [2.05, 4.69) is 17.4 Å². The second-order valence-corrected chi connectivity index (χ2v) is 5.84. The van der Waals surface area contributed by atoms with E-state index < -0.39 is 0 Å². The molecule has 21 heavy (non-hydrogen) atoms. The third-order valence-electron chi connectivity index (χ3n) is 3.46. The Morgan fingerprint density at radius 2 is 2.19 bits per heavy atom. The molecule has 0 aliphatic carbocycles. The summed E-state index contributed by atoms with van der Waals surface area (Å²) in [5.41, 5.74) is 2.78. The molecule has 4 nitrogen and oxygen atoms in total. The first-order valence-corrected chi connectivity index (χ1v) is 7.76. The van der Waals surface area contributed by atoms with Crippen LogP contribution >= 0.6 is 11.3 Å². The third kappa shape index (κ3) is 2.88. The van der Waals surface area contributed by atoms with Crippen LogP contribution in [0.15, 0.2) is 30.3 Å². The van der Waals surface area contributed by atoms with Crippen LogP contribution in [0.1, 0.15) is 27.9 Å². The Bertz CT molecular complexity index is 636. The minimum absolute atomic E-state index is 0.298. The Balaban J connectivity index is 1.87. The van der Waals surface area contributed by atoms with Crippen molar-refractivity contribution in [2.45, 2.75) is 19.4 Å². The van der Waals surface area contributed by atoms with Gasteiger partial charge in [0.2, 0.25) is 0 Å². The molecule has 110 valence electrons. The van der Waals surface area contributed by atoms with Crippen molar-refractivity contribution in [3.8, 4) is 5.06 Å². The molecule has 3 rings (SSSR count). The van der Waals surface area contributed by atoms with E-state index in [-0.39, 0.29) is 5.97 Å². The van der Waals surface area contributed by atoms with Gasteiger partial charge in [0.25, 0.3) is 0 Å². The first-order valence-electron chi connectivity index (χ1n) is 6.94. The number of methoxy groups -OCH3 is 1. The third-order valence-corrected chi connectivity index (χ3v) is 4.56. The second kappa shape index (κ2) is 6.18. The normalized spacial score (nSPS) is 13.2. The maximum atomic E-state index is 12.1. The lowest BCUT2D eigenvalue weighted by molar-refractivity contribution is 0.0600. The van der Waals surface area contributed by atoms with Crippen molar-refractivity contribution < 1.29 is 14.3 Å². The zero-order valence-electron chi connectivity index (χ0n) is 11.8. The lowest BCUT2D eigenvalue weighted by Gasteiger charge is -2.13. The molecule has 0 radical (unpaired) electrons. The van der Waals surface area contributed by atoms with Crippen LogP contribution in [0.2, 0.25) is 0 Å². The molecule has 1 aromatic carbocycles. The van der Waals surface area contributed by atoms with Gasteiger partial charge in [0.05, 0.1) is 13.7 Å². The van der Waals surface area contributed by atoms with Crippen LogP contribution in [0.3, 0.4) is 0 Å². The number of nitrogens with one attached hydrogen (secondary N) is 1. The average Bonchev–Trinajstić information content (AvgIpc) is 2.91. The predicted molar refractivity (Wildman–Crippen MR) is 83.2 cm³/mol. The van der Waals surface area contributed by atoms with Crippen LogP contribution < -0.4 is 10.1 Å². The first kappa shape index (κ1) is 13.9. The maximum absolute atomic E-state index is 12.1. The van der Waals surface area contributed by atoms with E-state index in [1.807, 2.05) is 18.2 Å². The Morgan fingerprint density at radius 1 is 1.38 bits per heavy atom. The Kier molecular flexibility index (Phi) is 4.10. The number of thiophene rings is 1. The standard InChI is InChI=1S/C16H17NO3S/c1-19-15(18)13-12-8-5-9-20-16(12)21-14(13)17-10-11-6-3-2-4-7-11/h2-4,6-7,17H,5,8-10H2,1H3. The van der Waals surface area contributed by atoms with E-state index >= 15 is 0 Å². The summed E-state index contributed by atoms with van der Waals surface area (Å²) in [5.74, 6) is -0.298. The van der Waals surface area contributed by atoms with Crippen LogP contribution in [0.5, 0.6) is 5.06 Å². The molecule has 1 N–H and O–H groups in total. The van der Waals surface area contributed by atoms with Gasteiger partial charge in [0, 0.05) is 12.1 Å². The summed E-state index contributed by atoms with van der Waals surface area (Å²) in [6.07, 6.45) is 1.80. The van der Waals surface area contributed by atoms with Crippen molar-refractivity contribution in [1.29, 1.82) is 0 Å². The van der Waals surface area contributed by atoms with Crippen LogP contribution in [-0.2, 0) is 17.7 Å². The van der Waals surface area contributed by atoms with Crippen LogP contribution in [0.25, 0.3) is 0 Å². The van der Waals surface area contributed by atoms with Gasteiger partial charge in [-0.2, -0.15) is 0 Å². The molecule has 0 atom stereocenters. The lowest BCUT2D eigenvalue weighted by Crippen LogP contribution is -2.12. The summed E-state index contributed by atoms with van der Waals surface area (Å²) < 4.78 is 10.6. The molecule has 0 fully saturated rings. The number of rotatable bonds is 4. The Labute approximate surface area is 127 Å². The zero-order valence-corrected chi connectivity index (χ0v) is 12.7. The summed E-state index contributed by atoms with van der Waals surface area (Å²) in [6.45, 7) is 1.39. The summed E-state index contributed by atoms with van der Waals surface area (Å²) in [7, 11) is 1.41. The minimum atomic E-state index is -0.298. The molecule has 0 spiro atoms. The average molecular weight is 303 g/mol. The van der Waals surface area contributed by atoms with Crippen molar-refractivity contribution in [2.75, 3.05) is 19.0 Å². The number of carbonyl (C=O) groups is 1. The molecule has 0 saturated carbocycles. The smallest absolute Gasteiger partial charge is 0.341 e. The van der Waals surface area contributed by atoms with Crippen LogP contribution in [0.4, 0.5) is 5.00 Å². The van der Waals surface area contributed by atoms with Crippen molar-refractivity contribution >= 4 is 22.3 Å². The summed E-state index contributed by atoms with van der Waals surface area (Å²) in [5, 5.41) is 5.02. The number of hydrogen-bond donors (Lipinski definition) is 1. The van der Waals surface area contributed by atoms with E-state index in [0.29, 0.717) is 18.7 Å². The SMILES string of the molecule is COC(=O)c1c(NCc2ccccc2)sc2c1CCCO2. The highest BCUT2D eigenvalue weighted by atomic mass is 32.1. The van der Waals surface area contributed by atoms with Gasteiger partial charge in [0.1, 0.15) is 10.6 Å². The van der Waals surface area contributed by atoms with Gasteiger partial charge >= 0.3 is 5.97 Å². The summed E-state index contributed by atoms with van der Waals surface area (Å²) in [4.78, 5) is 12.1. The molecule has 2 aromatic rings. The number of anilines is 1. The highest BCUT2D eigenvalue weighted by Crippen LogP contribution is 2.42. The zero-order chi connectivity index (χ0) is 14.7. The van der Waals surface area contributed by atoms with Gasteiger partial charge in [-0.25, -0.2) is 4.79 Å². The molecule has 0 amide bonds. The van der Waals surface area contributed by atoms with Gasteiger partial charge in [-0.3, -0.25) is 0 Å². The molecule has 2 heterocycles. The van der Waals surface area contributed by atoms with E-state index in [0.717, 1.165) is 28.5 Å². The molecule has 0 bridgehead atoms. The van der Waals surface area contributed by atoms with Gasteiger partial charge in [-0.15, -0.1) is 0 Å². The summed E-state index contributed by atoms with van der Waals surface area (Å²) in [6, 6.07) is 10.1. The van der Waals surface area contributed by atoms with Gasteiger partial charge < -0.3 is 14.8 Å².